The molecule has 210 valence electrons. The van der Waals surface area contributed by atoms with Gasteiger partial charge in [0.15, 0.2) is 0 Å². The molecular formula is C29H25N3O7S2. The first-order valence-electron chi connectivity index (χ1n) is 12.1. The summed E-state index contributed by atoms with van der Waals surface area (Å²) in [5.41, 5.74) is 1.70. The van der Waals surface area contributed by atoms with Crippen LogP contribution in [0.4, 0.5) is 11.4 Å². The van der Waals surface area contributed by atoms with E-state index >= 15 is 0 Å². The first-order valence-corrected chi connectivity index (χ1v) is 15.0. The molecule has 41 heavy (non-hydrogen) atoms. The molecule has 0 bridgehead atoms. The maximum absolute atomic E-state index is 12.9. The summed E-state index contributed by atoms with van der Waals surface area (Å²) in [6.07, 6.45) is 0. The van der Waals surface area contributed by atoms with E-state index in [9.17, 15) is 26.9 Å². The maximum atomic E-state index is 12.9. The Balaban J connectivity index is 1.59. The Labute approximate surface area is 238 Å². The van der Waals surface area contributed by atoms with E-state index in [0.29, 0.717) is 0 Å². The number of carbonyl (C=O) groups excluding carboxylic acids is 1. The lowest BCUT2D eigenvalue weighted by molar-refractivity contribution is 0.0601. The summed E-state index contributed by atoms with van der Waals surface area (Å²) >= 11 is 0. The molecule has 0 heterocycles. The van der Waals surface area contributed by atoms with Crippen molar-refractivity contribution >= 4 is 37.4 Å². The second-order valence-electron chi connectivity index (χ2n) is 8.96. The van der Waals surface area contributed by atoms with Crippen LogP contribution >= 0.6 is 0 Å². The van der Waals surface area contributed by atoms with Crippen molar-refractivity contribution in [2.45, 2.75) is 23.6 Å². The quantitative estimate of drug-likeness (QED) is 0.247. The lowest BCUT2D eigenvalue weighted by Gasteiger charge is -2.14. The van der Waals surface area contributed by atoms with Gasteiger partial charge in [-0.3, -0.25) is 9.44 Å². The number of nitrogens with zero attached hydrogens (tertiary/aromatic N) is 1. The van der Waals surface area contributed by atoms with Crippen molar-refractivity contribution in [2.75, 3.05) is 16.6 Å². The van der Waals surface area contributed by atoms with Gasteiger partial charge in [0.1, 0.15) is 17.6 Å². The molecule has 0 aromatic heterocycles. The fourth-order valence-corrected chi connectivity index (χ4v) is 5.86. The van der Waals surface area contributed by atoms with Crippen LogP contribution in [0.1, 0.15) is 27.0 Å². The summed E-state index contributed by atoms with van der Waals surface area (Å²) in [7, 11) is -6.80. The van der Waals surface area contributed by atoms with Crippen LogP contribution in [-0.4, -0.2) is 29.9 Å². The van der Waals surface area contributed by atoms with E-state index in [-0.39, 0.29) is 43.8 Å². The predicted molar refractivity (Wildman–Crippen MR) is 153 cm³/mol. The summed E-state index contributed by atoms with van der Waals surface area (Å²) in [6.45, 7) is 3.66. The molecule has 10 nitrogen and oxygen atoms in total. The molecule has 0 unspecified atom stereocenters. The standard InChI is InChI=1S/C29H25N3O7S2/c1-19-4-10-24(11-5-19)40(34,35)31-27-14-8-22(16-21(27)18-30)39-23-9-15-28(26(17-23)29(33)38-3)32-41(36,37)25-12-6-20(2)7-13-25/h4-17,31-32H,1-3H3. The van der Waals surface area contributed by atoms with E-state index in [1.807, 2.05) is 19.9 Å². The number of rotatable bonds is 9. The van der Waals surface area contributed by atoms with Crippen molar-refractivity contribution in [1.29, 1.82) is 5.26 Å². The number of benzene rings is 4. The van der Waals surface area contributed by atoms with Crippen LogP contribution in [0.2, 0.25) is 0 Å². The van der Waals surface area contributed by atoms with Crippen LogP contribution in [0.3, 0.4) is 0 Å². The van der Waals surface area contributed by atoms with Crippen LogP contribution < -0.4 is 14.2 Å². The van der Waals surface area contributed by atoms with Gasteiger partial charge in [-0.2, -0.15) is 5.26 Å². The maximum Gasteiger partial charge on any atom is 0.340 e. The lowest BCUT2D eigenvalue weighted by atomic mass is 10.1. The van der Waals surface area contributed by atoms with Crippen LogP contribution in [0.15, 0.2) is 94.7 Å². The number of anilines is 2. The first kappa shape index (κ1) is 29.1. The van der Waals surface area contributed by atoms with Gasteiger partial charge in [-0.25, -0.2) is 21.6 Å². The van der Waals surface area contributed by atoms with Gasteiger partial charge in [0.25, 0.3) is 20.0 Å². The van der Waals surface area contributed by atoms with Gasteiger partial charge >= 0.3 is 5.97 Å². The topological polar surface area (TPSA) is 152 Å². The first-order chi connectivity index (χ1) is 19.4. The highest BCUT2D eigenvalue weighted by atomic mass is 32.2. The molecule has 12 heteroatoms. The molecule has 0 atom stereocenters. The van der Waals surface area contributed by atoms with Crippen LogP contribution in [0, 0.1) is 25.2 Å². The molecule has 0 amide bonds. The molecule has 0 spiro atoms. The Bertz CT molecular complexity index is 1860. The smallest absolute Gasteiger partial charge is 0.340 e. The zero-order valence-corrected chi connectivity index (χ0v) is 23.8. The van der Waals surface area contributed by atoms with Crippen molar-refractivity contribution in [3.8, 4) is 17.6 Å². The monoisotopic (exact) mass is 591 g/mol. The van der Waals surface area contributed by atoms with Crippen LogP contribution in [0.5, 0.6) is 11.5 Å². The van der Waals surface area contributed by atoms with Gasteiger partial charge in [-0.15, -0.1) is 0 Å². The fraction of sp³-hybridized carbons (Fsp3) is 0.103. The van der Waals surface area contributed by atoms with Crippen molar-refractivity contribution < 1.29 is 31.1 Å². The molecule has 0 saturated carbocycles. The number of ether oxygens (including phenoxy) is 2. The largest absolute Gasteiger partial charge is 0.465 e. The SMILES string of the molecule is COC(=O)c1cc(Oc2ccc(NS(=O)(=O)c3ccc(C)cc3)c(C#N)c2)ccc1NS(=O)(=O)c1ccc(C)cc1. The average molecular weight is 592 g/mol. The highest BCUT2D eigenvalue weighted by Gasteiger charge is 2.21. The normalized spacial score (nSPS) is 11.3. The van der Waals surface area contributed by atoms with Gasteiger partial charge in [0.05, 0.1) is 39.4 Å². The summed E-state index contributed by atoms with van der Waals surface area (Å²) in [6, 6.07) is 22.6. The number of esters is 1. The van der Waals surface area contributed by atoms with Crippen molar-refractivity contribution in [3.05, 3.63) is 107 Å². The van der Waals surface area contributed by atoms with E-state index in [1.165, 1.54) is 60.7 Å². The minimum Gasteiger partial charge on any atom is -0.465 e. The van der Waals surface area contributed by atoms with Crippen LogP contribution in [-0.2, 0) is 24.8 Å². The van der Waals surface area contributed by atoms with Crippen LogP contribution in [0.25, 0.3) is 0 Å². The second kappa shape index (κ2) is 11.7. The molecule has 0 aliphatic heterocycles. The number of methoxy groups -OCH3 is 1. The van der Waals surface area contributed by atoms with E-state index in [2.05, 4.69) is 9.44 Å². The molecule has 4 aromatic carbocycles. The number of nitriles is 1. The zero-order chi connectivity index (χ0) is 29.8. The number of hydrogen-bond acceptors (Lipinski definition) is 8. The molecule has 0 aliphatic rings. The van der Waals surface area contributed by atoms with Gasteiger partial charge in [-0.05, 0) is 68.4 Å². The lowest BCUT2D eigenvalue weighted by Crippen LogP contribution is -2.16. The Morgan fingerprint density at radius 2 is 1.17 bits per heavy atom. The fourth-order valence-electron chi connectivity index (χ4n) is 3.70. The molecule has 0 fully saturated rings. The molecule has 0 radical (unpaired) electrons. The van der Waals surface area contributed by atoms with E-state index in [1.54, 1.807) is 24.3 Å². The number of sulfonamides is 2. The molecule has 2 N–H and O–H groups in total. The minimum atomic E-state index is -4.01. The molecule has 0 saturated heterocycles. The van der Waals surface area contributed by atoms with E-state index < -0.39 is 26.0 Å². The molecule has 4 aromatic rings. The Kier molecular flexibility index (Phi) is 8.32. The van der Waals surface area contributed by atoms with Crippen molar-refractivity contribution in [2.24, 2.45) is 0 Å². The highest BCUT2D eigenvalue weighted by molar-refractivity contribution is 7.93. The summed E-state index contributed by atoms with van der Waals surface area (Å²) < 4.78 is 66.8. The summed E-state index contributed by atoms with van der Waals surface area (Å²) in [5, 5.41) is 9.65. The highest BCUT2D eigenvalue weighted by Crippen LogP contribution is 2.31. The average Bonchev–Trinajstić information content (AvgIpc) is 2.94. The number of nitrogens with one attached hydrogen (secondary N) is 2. The predicted octanol–water partition coefficient (Wildman–Crippen LogP) is 5.36. The minimum absolute atomic E-state index is 0.00569. The summed E-state index contributed by atoms with van der Waals surface area (Å²) in [4.78, 5) is 12.6. The third-order valence-electron chi connectivity index (χ3n) is 5.89. The van der Waals surface area contributed by atoms with Gasteiger partial charge in [0, 0.05) is 6.07 Å². The zero-order valence-electron chi connectivity index (χ0n) is 22.2. The summed E-state index contributed by atoms with van der Waals surface area (Å²) in [5.74, 6) is -0.500. The third-order valence-corrected chi connectivity index (χ3v) is 8.66. The number of carbonyl (C=O) groups is 1. The molecule has 4 rings (SSSR count). The molecular weight excluding hydrogens is 566 g/mol. The Morgan fingerprint density at radius 3 is 1.66 bits per heavy atom. The second-order valence-corrected chi connectivity index (χ2v) is 12.3. The van der Waals surface area contributed by atoms with Gasteiger partial charge < -0.3 is 9.47 Å². The van der Waals surface area contributed by atoms with Crippen molar-refractivity contribution in [3.63, 3.8) is 0 Å². The van der Waals surface area contributed by atoms with E-state index in [0.717, 1.165) is 18.2 Å². The molecule has 0 aliphatic carbocycles. The number of hydrogen-bond donors (Lipinski definition) is 2. The Morgan fingerprint density at radius 1 is 0.707 bits per heavy atom. The van der Waals surface area contributed by atoms with Gasteiger partial charge in [0.2, 0.25) is 0 Å². The Hall–Kier alpha value is -4.86. The number of aryl methyl sites for hydroxylation is 2. The van der Waals surface area contributed by atoms with Crippen molar-refractivity contribution in [1.82, 2.24) is 0 Å². The van der Waals surface area contributed by atoms with E-state index in [4.69, 9.17) is 9.47 Å². The van der Waals surface area contributed by atoms with Gasteiger partial charge in [-0.1, -0.05) is 35.4 Å². The third kappa shape index (κ3) is 6.84.